The number of rotatable bonds is 5. The van der Waals surface area contributed by atoms with Crippen molar-refractivity contribution >= 4 is 23.0 Å². The zero-order valence-corrected chi connectivity index (χ0v) is 22.1. The van der Waals surface area contributed by atoms with E-state index in [1.54, 1.807) is 25.3 Å². The molecule has 2 aromatic rings. The highest BCUT2D eigenvalue weighted by Gasteiger charge is 2.20. The van der Waals surface area contributed by atoms with Gasteiger partial charge in [0.05, 0.1) is 5.02 Å². The van der Waals surface area contributed by atoms with E-state index in [1.807, 2.05) is 26.8 Å². The second kappa shape index (κ2) is 14.8. The topological polar surface area (TPSA) is 68.4 Å². The number of aromatic nitrogens is 1. The average Bonchev–Trinajstić information content (AvgIpc) is 2.81. The Bertz CT molecular complexity index is 954. The van der Waals surface area contributed by atoms with Crippen LogP contribution < -0.4 is 10.5 Å². The molecule has 1 saturated carbocycles. The molecule has 34 heavy (non-hydrogen) atoms. The summed E-state index contributed by atoms with van der Waals surface area (Å²) in [6, 6.07) is 4.37. The van der Waals surface area contributed by atoms with E-state index >= 15 is 0 Å². The molecule has 1 heterocycles. The number of aliphatic hydroxyl groups excluding tert-OH is 1. The lowest BCUT2D eigenvalue weighted by molar-refractivity contribution is -0.0196. The van der Waals surface area contributed by atoms with Gasteiger partial charge in [-0.3, -0.25) is 0 Å². The molecule has 1 aliphatic carbocycles. The minimum atomic E-state index is -1.48. The standard InChI is InChI=1S/C18H18ClFN2O2.C8H16.C2H6/c1-4-11(5-2)12-8-14(17(21)22-9-12)24-18(23)15-10(3)6-7-13(20)16(15)19;1-7-4-3-5-8(2)6-7;1-2/h4-9,18,23H,1H2,2-3H3,(H2,21,22);7-8H,3-6H2,1-2H3;1-2H3/b11-5+;;. The molecule has 1 aromatic carbocycles. The van der Waals surface area contributed by atoms with Crippen LogP contribution in [0.2, 0.25) is 5.02 Å². The average molecular weight is 491 g/mol. The zero-order chi connectivity index (χ0) is 25.8. The van der Waals surface area contributed by atoms with Gasteiger partial charge in [-0.15, -0.1) is 0 Å². The predicted molar refractivity (Wildman–Crippen MR) is 142 cm³/mol. The highest BCUT2D eigenvalue weighted by molar-refractivity contribution is 6.31. The van der Waals surface area contributed by atoms with E-state index in [1.165, 1.54) is 37.8 Å². The number of ether oxygens (including phenoxy) is 1. The third kappa shape index (κ3) is 8.44. The number of aryl methyl sites for hydroxylation is 1. The molecule has 3 atom stereocenters. The van der Waals surface area contributed by atoms with Crippen molar-refractivity contribution in [2.24, 2.45) is 11.8 Å². The van der Waals surface area contributed by atoms with Crippen molar-refractivity contribution in [1.29, 1.82) is 0 Å². The van der Waals surface area contributed by atoms with Crippen LogP contribution in [0.25, 0.3) is 5.57 Å². The molecular weight excluding hydrogens is 451 g/mol. The second-order valence-electron chi connectivity index (χ2n) is 8.49. The van der Waals surface area contributed by atoms with Crippen molar-refractivity contribution in [2.45, 2.75) is 73.5 Å². The molecular formula is C28H40ClFN2O2. The van der Waals surface area contributed by atoms with Crippen molar-refractivity contribution < 1.29 is 14.2 Å². The monoisotopic (exact) mass is 490 g/mol. The van der Waals surface area contributed by atoms with Crippen LogP contribution in [-0.2, 0) is 0 Å². The second-order valence-corrected chi connectivity index (χ2v) is 8.87. The summed E-state index contributed by atoms with van der Waals surface area (Å²) < 4.78 is 19.1. The molecule has 0 saturated heterocycles. The van der Waals surface area contributed by atoms with Crippen molar-refractivity contribution in [1.82, 2.24) is 4.98 Å². The summed E-state index contributed by atoms with van der Waals surface area (Å²) in [5, 5.41) is 10.1. The Labute approximate surface area is 209 Å². The van der Waals surface area contributed by atoms with Gasteiger partial charge in [-0.2, -0.15) is 0 Å². The Kier molecular flexibility index (Phi) is 12.9. The summed E-state index contributed by atoms with van der Waals surface area (Å²) in [5.41, 5.74) is 8.11. The van der Waals surface area contributed by atoms with Crippen LogP contribution in [0, 0.1) is 24.6 Å². The molecule has 3 rings (SSSR count). The molecule has 0 bridgehead atoms. The zero-order valence-electron chi connectivity index (χ0n) is 21.4. The summed E-state index contributed by atoms with van der Waals surface area (Å²) in [5.74, 6) is 1.66. The molecule has 4 nitrogen and oxygen atoms in total. The number of allylic oxidation sites excluding steroid dienone is 3. The quantitative estimate of drug-likeness (QED) is 0.326. The summed E-state index contributed by atoms with van der Waals surface area (Å²) >= 11 is 5.94. The smallest absolute Gasteiger partial charge is 0.226 e. The van der Waals surface area contributed by atoms with Gasteiger partial charge in [0.15, 0.2) is 11.6 Å². The first-order valence-corrected chi connectivity index (χ1v) is 12.4. The molecule has 0 radical (unpaired) electrons. The number of hydrogen-bond acceptors (Lipinski definition) is 4. The lowest BCUT2D eigenvalue weighted by Gasteiger charge is -2.22. The van der Waals surface area contributed by atoms with E-state index in [9.17, 15) is 9.50 Å². The Balaban J connectivity index is 0.000000483. The fourth-order valence-corrected chi connectivity index (χ4v) is 4.30. The van der Waals surface area contributed by atoms with Gasteiger partial charge in [0.25, 0.3) is 0 Å². The molecule has 6 heteroatoms. The van der Waals surface area contributed by atoms with E-state index in [4.69, 9.17) is 22.1 Å². The Morgan fingerprint density at radius 3 is 2.41 bits per heavy atom. The number of aliphatic hydroxyl groups is 1. The largest absolute Gasteiger partial charge is 0.457 e. The number of nitrogens with two attached hydrogens (primary N) is 1. The maximum Gasteiger partial charge on any atom is 0.226 e. The fraction of sp³-hybridized carbons (Fsp3) is 0.464. The first-order chi connectivity index (χ1) is 16.2. The minimum absolute atomic E-state index is 0.0995. The van der Waals surface area contributed by atoms with Crippen LogP contribution in [-0.4, -0.2) is 10.1 Å². The van der Waals surface area contributed by atoms with Crippen LogP contribution in [0.1, 0.15) is 83.3 Å². The van der Waals surface area contributed by atoms with E-state index in [-0.39, 0.29) is 22.2 Å². The number of nitrogen functional groups attached to an aromatic ring is 1. The Morgan fingerprint density at radius 2 is 1.91 bits per heavy atom. The SMILES string of the molecule is C=C/C(=C\C)c1cnc(N)c(OC(O)c2c(C)ccc(F)c2Cl)c1.CC.CC1CCCC(C)C1. The number of anilines is 1. The molecule has 188 valence electrons. The van der Waals surface area contributed by atoms with Crippen molar-refractivity contribution in [3.05, 3.63) is 70.7 Å². The molecule has 0 amide bonds. The van der Waals surface area contributed by atoms with Crippen LogP contribution in [0.15, 0.2) is 43.1 Å². The van der Waals surface area contributed by atoms with Crippen LogP contribution in [0.4, 0.5) is 10.2 Å². The summed E-state index contributed by atoms with van der Waals surface area (Å²) in [6.07, 6.45) is 9.52. The van der Waals surface area contributed by atoms with Gasteiger partial charge in [-0.05, 0) is 55.4 Å². The van der Waals surface area contributed by atoms with Crippen LogP contribution >= 0.6 is 11.6 Å². The number of pyridine rings is 1. The van der Waals surface area contributed by atoms with E-state index in [2.05, 4.69) is 25.4 Å². The molecule has 0 spiro atoms. The van der Waals surface area contributed by atoms with Crippen molar-refractivity contribution in [2.75, 3.05) is 5.73 Å². The molecule has 0 aliphatic heterocycles. The minimum Gasteiger partial charge on any atom is -0.457 e. The summed E-state index contributed by atoms with van der Waals surface area (Å²) in [7, 11) is 0. The molecule has 1 aromatic heterocycles. The molecule has 3 unspecified atom stereocenters. The number of benzene rings is 1. The lowest BCUT2D eigenvalue weighted by atomic mass is 9.84. The first-order valence-electron chi connectivity index (χ1n) is 12.0. The van der Waals surface area contributed by atoms with Crippen LogP contribution in [0.5, 0.6) is 5.75 Å². The maximum atomic E-state index is 13.6. The van der Waals surface area contributed by atoms with E-state index in [0.717, 1.165) is 23.0 Å². The Hall–Kier alpha value is -2.37. The number of hydrogen-bond donors (Lipinski definition) is 2. The lowest BCUT2D eigenvalue weighted by Crippen LogP contribution is -2.11. The predicted octanol–water partition coefficient (Wildman–Crippen LogP) is 8.28. The fourth-order valence-electron chi connectivity index (χ4n) is 3.99. The van der Waals surface area contributed by atoms with E-state index in [0.29, 0.717) is 5.56 Å². The highest BCUT2D eigenvalue weighted by atomic mass is 35.5. The van der Waals surface area contributed by atoms with Crippen molar-refractivity contribution in [3.8, 4) is 5.75 Å². The number of halogens is 2. The van der Waals surface area contributed by atoms with Gasteiger partial charge in [-0.25, -0.2) is 9.37 Å². The molecule has 1 aliphatic rings. The summed E-state index contributed by atoms with van der Waals surface area (Å²) in [4.78, 5) is 4.05. The Morgan fingerprint density at radius 1 is 1.29 bits per heavy atom. The third-order valence-electron chi connectivity index (χ3n) is 5.78. The number of nitrogens with zero attached hydrogens (tertiary/aromatic N) is 1. The highest BCUT2D eigenvalue weighted by Crippen LogP contribution is 2.33. The maximum absolute atomic E-state index is 13.6. The van der Waals surface area contributed by atoms with E-state index < -0.39 is 12.1 Å². The molecule has 3 N–H and O–H groups in total. The third-order valence-corrected chi connectivity index (χ3v) is 6.16. The first kappa shape index (κ1) is 29.7. The van der Waals surface area contributed by atoms with Crippen LogP contribution in [0.3, 0.4) is 0 Å². The normalized spacial score (nSPS) is 18.6. The van der Waals surface area contributed by atoms with Crippen molar-refractivity contribution in [3.63, 3.8) is 0 Å². The summed E-state index contributed by atoms with van der Waals surface area (Å²) in [6.45, 7) is 16.0. The van der Waals surface area contributed by atoms with Gasteiger partial charge in [0.2, 0.25) is 6.29 Å². The van der Waals surface area contributed by atoms with Gasteiger partial charge in [0, 0.05) is 17.3 Å². The van der Waals surface area contributed by atoms with Gasteiger partial charge >= 0.3 is 0 Å². The van der Waals surface area contributed by atoms with Gasteiger partial charge in [0.1, 0.15) is 5.82 Å². The van der Waals surface area contributed by atoms with Gasteiger partial charge in [-0.1, -0.05) is 83.4 Å². The van der Waals surface area contributed by atoms with Gasteiger partial charge < -0.3 is 15.6 Å². The molecule has 1 fully saturated rings.